The molecule has 0 spiro atoms. The Morgan fingerprint density at radius 1 is 0.903 bits per heavy atom. The lowest BCUT2D eigenvalue weighted by Gasteiger charge is -2.24. The molecule has 0 aliphatic carbocycles. The Kier molecular flexibility index (Phi) is 5.66. The zero-order valence-corrected chi connectivity index (χ0v) is 16.8. The molecule has 7 heteroatoms. The number of benzene rings is 3. The molecule has 0 aromatic heterocycles. The Hall–Kier alpha value is -4.13. The first-order valence-corrected chi connectivity index (χ1v) is 9.78. The Balaban J connectivity index is 1.42. The highest BCUT2D eigenvalue weighted by atomic mass is 16.5. The largest absolute Gasteiger partial charge is 0.497 e. The summed E-state index contributed by atoms with van der Waals surface area (Å²) in [4.78, 5) is 37.2. The first kappa shape index (κ1) is 20.2. The van der Waals surface area contributed by atoms with Gasteiger partial charge in [-0.25, -0.2) is 0 Å². The number of rotatable bonds is 5. The Morgan fingerprint density at radius 3 is 2.26 bits per heavy atom. The second-order valence-corrected chi connectivity index (χ2v) is 7.14. The van der Waals surface area contributed by atoms with E-state index in [4.69, 9.17) is 4.74 Å². The number of carbonyl (C=O) groups is 3. The van der Waals surface area contributed by atoms with Crippen LogP contribution in [0.15, 0.2) is 72.8 Å². The van der Waals surface area contributed by atoms with Crippen LogP contribution in [0.4, 0.5) is 17.1 Å². The minimum absolute atomic E-state index is 0.0885. The molecule has 1 aliphatic rings. The smallest absolute Gasteiger partial charge is 0.255 e. The van der Waals surface area contributed by atoms with Gasteiger partial charge in [0.1, 0.15) is 5.75 Å². The van der Waals surface area contributed by atoms with Crippen molar-refractivity contribution in [1.82, 2.24) is 0 Å². The number of ether oxygens (including phenoxy) is 1. The molecule has 0 saturated heterocycles. The van der Waals surface area contributed by atoms with Gasteiger partial charge in [-0.15, -0.1) is 0 Å². The highest BCUT2D eigenvalue weighted by Gasteiger charge is 2.30. The molecule has 156 valence electrons. The van der Waals surface area contributed by atoms with Crippen LogP contribution in [0.3, 0.4) is 0 Å². The average molecular weight is 415 g/mol. The number of fused-ring (bicyclic) bond motifs is 1. The van der Waals surface area contributed by atoms with Crippen LogP contribution in [0, 0.1) is 0 Å². The summed E-state index contributed by atoms with van der Waals surface area (Å²) in [6.07, 6.45) is 0.0885. The van der Waals surface area contributed by atoms with E-state index in [0.29, 0.717) is 28.4 Å². The minimum atomic E-state index is -0.567. The van der Waals surface area contributed by atoms with E-state index in [1.54, 1.807) is 61.7 Å². The van der Waals surface area contributed by atoms with Gasteiger partial charge in [0.25, 0.3) is 5.91 Å². The van der Waals surface area contributed by atoms with Crippen molar-refractivity contribution >= 4 is 34.8 Å². The molecule has 0 fully saturated rings. The van der Waals surface area contributed by atoms with E-state index in [0.717, 1.165) is 5.56 Å². The van der Waals surface area contributed by atoms with E-state index in [1.165, 1.54) is 0 Å². The third-order valence-corrected chi connectivity index (χ3v) is 5.08. The van der Waals surface area contributed by atoms with E-state index >= 15 is 0 Å². The minimum Gasteiger partial charge on any atom is -0.497 e. The zero-order valence-electron chi connectivity index (χ0n) is 16.8. The van der Waals surface area contributed by atoms with Crippen LogP contribution in [-0.2, 0) is 9.59 Å². The number of para-hydroxylation sites is 1. The fourth-order valence-corrected chi connectivity index (χ4v) is 3.46. The number of anilines is 3. The molecule has 4 rings (SSSR count). The summed E-state index contributed by atoms with van der Waals surface area (Å²) >= 11 is 0. The summed E-state index contributed by atoms with van der Waals surface area (Å²) < 4.78 is 5.10. The number of carbonyl (C=O) groups excluding carboxylic acids is 3. The molecule has 3 N–H and O–H groups in total. The van der Waals surface area contributed by atoms with Gasteiger partial charge in [0.15, 0.2) is 0 Å². The normalized spacial score (nSPS) is 14.7. The third kappa shape index (κ3) is 4.56. The Bertz CT molecular complexity index is 1120. The summed E-state index contributed by atoms with van der Waals surface area (Å²) in [5.41, 5.74) is 3.10. The Labute approximate surface area is 179 Å². The summed E-state index contributed by atoms with van der Waals surface area (Å²) in [5, 5.41) is 8.43. The molecule has 7 nitrogen and oxygen atoms in total. The molecule has 3 aromatic rings. The van der Waals surface area contributed by atoms with Gasteiger partial charge in [0.2, 0.25) is 11.8 Å². The summed E-state index contributed by atoms with van der Waals surface area (Å²) in [5.74, 6) is -0.581. The molecular formula is C24H21N3O4. The van der Waals surface area contributed by atoms with E-state index in [-0.39, 0.29) is 24.1 Å². The maximum atomic E-state index is 12.8. The molecule has 0 saturated carbocycles. The van der Waals surface area contributed by atoms with Crippen LogP contribution in [-0.4, -0.2) is 24.8 Å². The standard InChI is InChI=1S/C24H21N3O4/c1-31-18-12-10-17(11-13-18)25-23(29)15-6-8-16(9-7-15)26-24(30)20-14-22(28)27-21-5-3-2-4-19(20)21/h2-13,20H,14H2,1H3,(H,25,29)(H,26,30)(H,27,28). The second-order valence-electron chi connectivity index (χ2n) is 7.14. The molecular weight excluding hydrogens is 394 g/mol. The molecule has 1 atom stereocenters. The summed E-state index contributed by atoms with van der Waals surface area (Å²) in [6.45, 7) is 0. The van der Waals surface area contributed by atoms with Gasteiger partial charge in [-0.05, 0) is 60.2 Å². The van der Waals surface area contributed by atoms with Gasteiger partial charge in [0, 0.05) is 29.0 Å². The number of nitrogens with one attached hydrogen (secondary N) is 3. The number of hydrogen-bond donors (Lipinski definition) is 3. The Morgan fingerprint density at radius 2 is 1.55 bits per heavy atom. The number of hydrogen-bond acceptors (Lipinski definition) is 4. The lowest BCUT2D eigenvalue weighted by atomic mass is 9.90. The fraction of sp³-hybridized carbons (Fsp3) is 0.125. The molecule has 1 unspecified atom stereocenters. The van der Waals surface area contributed by atoms with Crippen LogP contribution >= 0.6 is 0 Å². The van der Waals surface area contributed by atoms with E-state index in [1.807, 2.05) is 18.2 Å². The van der Waals surface area contributed by atoms with Crippen LogP contribution in [0.5, 0.6) is 5.75 Å². The van der Waals surface area contributed by atoms with E-state index in [9.17, 15) is 14.4 Å². The summed E-state index contributed by atoms with van der Waals surface area (Å²) in [6, 6.07) is 20.9. The van der Waals surface area contributed by atoms with Gasteiger partial charge in [0.05, 0.1) is 13.0 Å². The topological polar surface area (TPSA) is 96.5 Å². The van der Waals surface area contributed by atoms with Gasteiger partial charge in [-0.3, -0.25) is 14.4 Å². The lowest BCUT2D eigenvalue weighted by Crippen LogP contribution is -2.30. The van der Waals surface area contributed by atoms with Crippen molar-refractivity contribution in [3.05, 3.63) is 83.9 Å². The first-order chi connectivity index (χ1) is 15.0. The van der Waals surface area contributed by atoms with Crippen molar-refractivity contribution in [2.45, 2.75) is 12.3 Å². The van der Waals surface area contributed by atoms with Gasteiger partial charge in [-0.2, -0.15) is 0 Å². The lowest BCUT2D eigenvalue weighted by molar-refractivity contribution is -0.123. The van der Waals surface area contributed by atoms with Gasteiger partial charge >= 0.3 is 0 Å². The molecule has 0 radical (unpaired) electrons. The molecule has 1 aliphatic heterocycles. The van der Waals surface area contributed by atoms with Crippen molar-refractivity contribution < 1.29 is 19.1 Å². The fourth-order valence-electron chi connectivity index (χ4n) is 3.46. The van der Waals surface area contributed by atoms with Crippen LogP contribution < -0.4 is 20.7 Å². The van der Waals surface area contributed by atoms with Gasteiger partial charge in [-0.1, -0.05) is 18.2 Å². The monoisotopic (exact) mass is 415 g/mol. The maximum absolute atomic E-state index is 12.8. The quantitative estimate of drug-likeness (QED) is 0.587. The van der Waals surface area contributed by atoms with E-state index < -0.39 is 5.92 Å². The van der Waals surface area contributed by atoms with Crippen LogP contribution in [0.1, 0.15) is 28.3 Å². The maximum Gasteiger partial charge on any atom is 0.255 e. The number of methoxy groups -OCH3 is 1. The molecule has 1 heterocycles. The first-order valence-electron chi connectivity index (χ1n) is 9.78. The van der Waals surface area contributed by atoms with Crippen LogP contribution in [0.25, 0.3) is 0 Å². The molecule has 31 heavy (non-hydrogen) atoms. The summed E-state index contributed by atoms with van der Waals surface area (Å²) in [7, 11) is 1.58. The predicted molar refractivity (Wildman–Crippen MR) is 118 cm³/mol. The van der Waals surface area contributed by atoms with Crippen molar-refractivity contribution in [1.29, 1.82) is 0 Å². The molecule has 3 aromatic carbocycles. The van der Waals surface area contributed by atoms with E-state index in [2.05, 4.69) is 16.0 Å². The third-order valence-electron chi connectivity index (χ3n) is 5.08. The van der Waals surface area contributed by atoms with Crippen molar-refractivity contribution in [2.24, 2.45) is 0 Å². The van der Waals surface area contributed by atoms with Crippen LogP contribution in [0.2, 0.25) is 0 Å². The highest BCUT2D eigenvalue weighted by Crippen LogP contribution is 2.32. The molecule has 0 bridgehead atoms. The van der Waals surface area contributed by atoms with Crippen molar-refractivity contribution in [3.8, 4) is 5.75 Å². The second kappa shape index (κ2) is 8.71. The van der Waals surface area contributed by atoms with Crippen molar-refractivity contribution in [2.75, 3.05) is 23.1 Å². The average Bonchev–Trinajstić information content (AvgIpc) is 2.79. The SMILES string of the molecule is COc1ccc(NC(=O)c2ccc(NC(=O)C3CC(=O)Nc4ccccc43)cc2)cc1. The molecule has 3 amide bonds. The van der Waals surface area contributed by atoms with Crippen molar-refractivity contribution in [3.63, 3.8) is 0 Å². The number of amides is 3. The highest BCUT2D eigenvalue weighted by molar-refractivity contribution is 6.06. The predicted octanol–water partition coefficient (Wildman–Crippen LogP) is 4.01. The van der Waals surface area contributed by atoms with Gasteiger partial charge < -0.3 is 20.7 Å². The zero-order chi connectivity index (χ0) is 21.8.